The Kier molecular flexibility index (Phi) is 9.46. The van der Waals surface area contributed by atoms with Gasteiger partial charge in [0.15, 0.2) is 17.2 Å². The Bertz CT molecular complexity index is 1660. The van der Waals surface area contributed by atoms with Gasteiger partial charge >= 0.3 is 12.1 Å². The van der Waals surface area contributed by atoms with Crippen molar-refractivity contribution in [3.05, 3.63) is 83.6 Å². The van der Waals surface area contributed by atoms with Crippen LogP contribution in [0.1, 0.15) is 26.3 Å². The highest BCUT2D eigenvalue weighted by molar-refractivity contribution is 6.13. The Morgan fingerprint density at radius 3 is 2.21 bits per heavy atom. The highest BCUT2D eigenvalue weighted by Crippen LogP contribution is 2.34. The third-order valence-electron chi connectivity index (χ3n) is 6.26. The predicted molar refractivity (Wildman–Crippen MR) is 153 cm³/mol. The zero-order valence-electron chi connectivity index (χ0n) is 23.3. The molecular formula is C30H27F3N4O6. The van der Waals surface area contributed by atoms with Gasteiger partial charge in [-0.2, -0.15) is 13.2 Å². The van der Waals surface area contributed by atoms with Crippen LogP contribution in [0.3, 0.4) is 0 Å². The number of carbonyl (C=O) groups is 3. The second kappa shape index (κ2) is 13.2. The highest BCUT2D eigenvalue weighted by Gasteiger charge is 2.41. The second-order valence-electron chi connectivity index (χ2n) is 9.15. The van der Waals surface area contributed by atoms with E-state index in [4.69, 9.17) is 9.47 Å². The molecule has 4 aromatic rings. The molecule has 0 aliphatic rings. The first kappa shape index (κ1) is 30.8. The number of fused-ring (bicyclic) bond motifs is 1. The quantitative estimate of drug-likeness (QED) is 0.173. The van der Waals surface area contributed by atoms with Crippen molar-refractivity contribution in [2.75, 3.05) is 38.4 Å². The lowest BCUT2D eigenvalue weighted by Crippen LogP contribution is -2.28. The third kappa shape index (κ3) is 7.38. The van der Waals surface area contributed by atoms with Crippen molar-refractivity contribution >= 4 is 40.1 Å². The fourth-order valence-electron chi connectivity index (χ4n) is 4.08. The SMILES string of the molecule is CNCCc1ccc(NC(=O)c2cc(OC)c(OC)cc2NC(=O)c2cnc3c(OC(=O)C(F)(F)F)cccc3c2)cc1. The maximum absolute atomic E-state index is 13.3. The number of pyridine rings is 1. The summed E-state index contributed by atoms with van der Waals surface area (Å²) in [5.41, 5.74) is 1.75. The Hall–Kier alpha value is -5.17. The Labute approximate surface area is 244 Å². The maximum atomic E-state index is 13.3. The first-order chi connectivity index (χ1) is 20.5. The van der Waals surface area contributed by atoms with Crippen molar-refractivity contribution < 1.29 is 41.8 Å². The van der Waals surface area contributed by atoms with E-state index in [-0.39, 0.29) is 39.2 Å². The second-order valence-corrected chi connectivity index (χ2v) is 9.15. The van der Waals surface area contributed by atoms with Gasteiger partial charge in [-0.15, -0.1) is 0 Å². The number of nitrogens with one attached hydrogen (secondary N) is 3. The van der Waals surface area contributed by atoms with E-state index in [1.165, 1.54) is 44.6 Å². The Morgan fingerprint density at radius 1 is 0.860 bits per heavy atom. The van der Waals surface area contributed by atoms with Gasteiger partial charge in [0.25, 0.3) is 11.8 Å². The van der Waals surface area contributed by atoms with Crippen molar-refractivity contribution in [2.45, 2.75) is 12.6 Å². The van der Waals surface area contributed by atoms with Crippen LogP contribution in [0.15, 0.2) is 66.9 Å². The molecule has 0 bridgehead atoms. The minimum atomic E-state index is -5.19. The van der Waals surface area contributed by atoms with Crippen LogP contribution in [-0.2, 0) is 11.2 Å². The number of hydrogen-bond donors (Lipinski definition) is 3. The number of anilines is 2. The van der Waals surface area contributed by atoms with Gasteiger partial charge in [-0.05, 0) is 55.9 Å². The molecule has 3 aromatic carbocycles. The number of rotatable bonds is 10. The molecule has 0 saturated carbocycles. The summed E-state index contributed by atoms with van der Waals surface area (Å²) < 4.78 is 53.2. The van der Waals surface area contributed by atoms with Gasteiger partial charge < -0.3 is 30.2 Å². The molecule has 0 aliphatic carbocycles. The maximum Gasteiger partial charge on any atom is 0.491 e. The molecule has 224 valence electrons. The van der Waals surface area contributed by atoms with Gasteiger partial charge in [0.05, 0.1) is 31.0 Å². The molecule has 2 amide bonds. The minimum absolute atomic E-state index is 0.0186. The van der Waals surface area contributed by atoms with E-state index in [0.29, 0.717) is 5.69 Å². The molecule has 0 radical (unpaired) electrons. The van der Waals surface area contributed by atoms with Crippen LogP contribution in [0.5, 0.6) is 17.2 Å². The van der Waals surface area contributed by atoms with E-state index >= 15 is 0 Å². The number of ether oxygens (including phenoxy) is 3. The van der Waals surface area contributed by atoms with E-state index in [2.05, 4.69) is 25.7 Å². The number of amides is 2. The summed E-state index contributed by atoms with van der Waals surface area (Å²) in [6.07, 6.45) is -3.26. The van der Waals surface area contributed by atoms with E-state index < -0.39 is 29.7 Å². The number of nitrogens with zero attached hydrogens (tertiary/aromatic N) is 1. The number of para-hydroxylation sites is 1. The van der Waals surface area contributed by atoms with Crippen molar-refractivity contribution in [1.82, 2.24) is 10.3 Å². The largest absolute Gasteiger partial charge is 0.493 e. The van der Waals surface area contributed by atoms with Crippen LogP contribution in [0.25, 0.3) is 10.9 Å². The van der Waals surface area contributed by atoms with Crippen LogP contribution in [0.2, 0.25) is 0 Å². The number of esters is 1. The molecule has 0 atom stereocenters. The number of methoxy groups -OCH3 is 2. The topological polar surface area (TPSA) is 128 Å². The van der Waals surface area contributed by atoms with Gasteiger partial charge in [-0.25, -0.2) is 4.79 Å². The lowest BCUT2D eigenvalue weighted by molar-refractivity contribution is -0.189. The molecule has 10 nitrogen and oxygen atoms in total. The normalized spacial score (nSPS) is 11.1. The van der Waals surface area contributed by atoms with Gasteiger partial charge in [0.1, 0.15) is 5.52 Å². The summed E-state index contributed by atoms with van der Waals surface area (Å²) in [5, 5.41) is 8.79. The number of carbonyl (C=O) groups excluding carboxylic acids is 3. The monoisotopic (exact) mass is 596 g/mol. The van der Waals surface area contributed by atoms with Gasteiger partial charge in [-0.1, -0.05) is 24.3 Å². The third-order valence-corrected chi connectivity index (χ3v) is 6.26. The molecule has 0 saturated heterocycles. The van der Waals surface area contributed by atoms with Crippen molar-refractivity contribution in [3.63, 3.8) is 0 Å². The van der Waals surface area contributed by atoms with E-state index in [1.807, 2.05) is 19.2 Å². The zero-order valence-corrected chi connectivity index (χ0v) is 23.3. The smallest absolute Gasteiger partial charge is 0.491 e. The average Bonchev–Trinajstić information content (AvgIpc) is 2.99. The van der Waals surface area contributed by atoms with Crippen LogP contribution in [-0.4, -0.2) is 56.8 Å². The van der Waals surface area contributed by atoms with Crippen LogP contribution < -0.4 is 30.2 Å². The number of aromatic nitrogens is 1. The molecule has 0 fully saturated rings. The van der Waals surface area contributed by atoms with E-state index in [1.54, 1.807) is 12.1 Å². The van der Waals surface area contributed by atoms with Crippen molar-refractivity contribution in [3.8, 4) is 17.2 Å². The summed E-state index contributed by atoms with van der Waals surface area (Å²) in [6, 6.07) is 15.5. The molecule has 0 aliphatic heterocycles. The van der Waals surface area contributed by atoms with Gasteiger partial charge in [0, 0.05) is 23.3 Å². The molecule has 3 N–H and O–H groups in total. The highest BCUT2D eigenvalue weighted by atomic mass is 19.4. The molecule has 43 heavy (non-hydrogen) atoms. The Morgan fingerprint density at radius 2 is 1.56 bits per heavy atom. The Balaban J connectivity index is 1.61. The van der Waals surface area contributed by atoms with E-state index in [9.17, 15) is 27.6 Å². The van der Waals surface area contributed by atoms with Gasteiger partial charge in [-0.3, -0.25) is 14.6 Å². The molecule has 1 heterocycles. The summed E-state index contributed by atoms with van der Waals surface area (Å²) in [6.45, 7) is 0.805. The first-order valence-electron chi connectivity index (χ1n) is 12.8. The minimum Gasteiger partial charge on any atom is -0.493 e. The summed E-state index contributed by atoms with van der Waals surface area (Å²) in [4.78, 5) is 42.0. The van der Waals surface area contributed by atoms with Crippen LogP contribution >= 0.6 is 0 Å². The lowest BCUT2D eigenvalue weighted by atomic mass is 10.1. The fourth-order valence-corrected chi connectivity index (χ4v) is 4.08. The summed E-state index contributed by atoms with van der Waals surface area (Å²) >= 11 is 0. The lowest BCUT2D eigenvalue weighted by Gasteiger charge is -2.16. The number of hydrogen-bond acceptors (Lipinski definition) is 8. The molecular weight excluding hydrogens is 569 g/mol. The fraction of sp³-hybridized carbons (Fsp3) is 0.200. The number of halogens is 3. The van der Waals surface area contributed by atoms with Crippen molar-refractivity contribution in [2.24, 2.45) is 0 Å². The number of likely N-dealkylation sites (N-methyl/N-ethyl adjacent to an activating group) is 1. The molecule has 0 spiro atoms. The molecule has 13 heteroatoms. The average molecular weight is 597 g/mol. The van der Waals surface area contributed by atoms with Gasteiger partial charge in [0.2, 0.25) is 0 Å². The summed E-state index contributed by atoms with van der Waals surface area (Å²) in [5.74, 6) is -3.53. The van der Waals surface area contributed by atoms with E-state index in [0.717, 1.165) is 30.8 Å². The predicted octanol–water partition coefficient (Wildman–Crippen LogP) is 4.99. The molecule has 4 rings (SSSR count). The number of alkyl halides is 3. The molecule has 1 aromatic heterocycles. The molecule has 0 unspecified atom stereocenters. The zero-order chi connectivity index (χ0) is 31.1. The van der Waals surface area contributed by atoms with Crippen LogP contribution in [0.4, 0.5) is 24.5 Å². The van der Waals surface area contributed by atoms with Crippen LogP contribution in [0, 0.1) is 0 Å². The standard InChI is InChI=1S/C30H27F3N4O6/c1-34-12-11-17-7-9-20(10-8-17)36-28(39)21-14-24(41-2)25(42-3)15-22(21)37-27(38)19-13-18-5-4-6-23(26(18)35-16-19)43-29(40)30(31,32)33/h4-10,13-16,34H,11-12H2,1-3H3,(H,36,39)(H,37,38). The van der Waals surface area contributed by atoms with Crippen molar-refractivity contribution in [1.29, 1.82) is 0 Å². The number of benzene rings is 3. The summed E-state index contributed by atoms with van der Waals surface area (Å²) in [7, 11) is 4.67. The first-order valence-corrected chi connectivity index (χ1v) is 12.8.